The molecule has 1 fully saturated rings. The summed E-state index contributed by atoms with van der Waals surface area (Å²) in [6.07, 6.45) is -2.78. The number of nitrogens with two attached hydrogens (primary N) is 1. The van der Waals surface area contributed by atoms with E-state index in [4.69, 9.17) is 5.73 Å². The Balaban J connectivity index is 2.41. The van der Waals surface area contributed by atoms with Gasteiger partial charge < -0.3 is 10.5 Å². The number of halogens is 2. The molecule has 0 aliphatic carbocycles. The van der Waals surface area contributed by atoms with Crippen molar-refractivity contribution in [1.29, 1.82) is 0 Å². The lowest BCUT2D eigenvalue weighted by atomic mass is 10.1. The van der Waals surface area contributed by atoms with Gasteiger partial charge in [-0.25, -0.2) is 0 Å². The lowest BCUT2D eigenvalue weighted by molar-refractivity contribution is -0.260. The Kier molecular flexibility index (Phi) is 1.68. The highest BCUT2D eigenvalue weighted by Gasteiger charge is 2.35. The molecule has 1 aliphatic rings. The molecule has 0 radical (unpaired) electrons. The van der Waals surface area contributed by atoms with Gasteiger partial charge >= 0.3 is 6.11 Å². The molecule has 4 heteroatoms. The van der Waals surface area contributed by atoms with Crippen LogP contribution < -0.4 is 5.73 Å². The predicted molar refractivity (Wildman–Crippen MR) is 28.1 cm³/mol. The number of rotatable bonds is 0. The van der Waals surface area contributed by atoms with Gasteiger partial charge in [-0.1, -0.05) is 0 Å². The zero-order chi connectivity index (χ0) is 6.91. The normalized spacial score (nSPS) is 34.3. The van der Waals surface area contributed by atoms with Crippen LogP contribution in [0.15, 0.2) is 0 Å². The van der Waals surface area contributed by atoms with Crippen molar-refractivity contribution in [3.8, 4) is 0 Å². The van der Waals surface area contributed by atoms with Crippen molar-refractivity contribution in [3.05, 3.63) is 0 Å². The Labute approximate surface area is 52.0 Å². The highest BCUT2D eigenvalue weighted by molar-refractivity contribution is 4.71. The molecule has 2 N–H and O–H groups in total. The van der Waals surface area contributed by atoms with E-state index in [0.717, 1.165) is 0 Å². The minimum atomic E-state index is -2.97. The molecule has 9 heavy (non-hydrogen) atoms. The molecule has 0 spiro atoms. The van der Waals surface area contributed by atoms with Crippen molar-refractivity contribution in [2.75, 3.05) is 6.61 Å². The Hall–Kier alpha value is -0.220. The van der Waals surface area contributed by atoms with Crippen molar-refractivity contribution in [2.24, 2.45) is 5.73 Å². The number of ether oxygens (including phenoxy) is 1. The highest BCUT2D eigenvalue weighted by atomic mass is 19.3. The van der Waals surface area contributed by atoms with E-state index in [0.29, 0.717) is 6.42 Å². The molecule has 0 saturated carbocycles. The highest BCUT2D eigenvalue weighted by Crippen LogP contribution is 2.26. The van der Waals surface area contributed by atoms with Crippen molar-refractivity contribution in [3.63, 3.8) is 0 Å². The fourth-order valence-electron chi connectivity index (χ4n) is 0.826. The molecule has 54 valence electrons. The van der Waals surface area contributed by atoms with E-state index in [-0.39, 0.29) is 13.0 Å². The van der Waals surface area contributed by atoms with E-state index in [1.807, 2.05) is 0 Å². The minimum absolute atomic E-state index is 0.0775. The van der Waals surface area contributed by atoms with Crippen LogP contribution in [0.25, 0.3) is 0 Å². The summed E-state index contributed by atoms with van der Waals surface area (Å²) >= 11 is 0. The summed E-state index contributed by atoms with van der Waals surface area (Å²) in [6.45, 7) is 0.0775. The molecular formula is C5H9F2NO. The molecule has 1 rings (SSSR count). The van der Waals surface area contributed by atoms with Gasteiger partial charge in [0.2, 0.25) is 0 Å². The average molecular weight is 137 g/mol. The van der Waals surface area contributed by atoms with Gasteiger partial charge in [-0.05, 0) is 6.42 Å². The maximum atomic E-state index is 12.2. The molecule has 1 atom stereocenters. The molecule has 2 nitrogen and oxygen atoms in total. The van der Waals surface area contributed by atoms with Crippen LogP contribution in [0.4, 0.5) is 8.78 Å². The fourth-order valence-corrected chi connectivity index (χ4v) is 0.826. The van der Waals surface area contributed by atoms with E-state index < -0.39 is 12.2 Å². The van der Waals surface area contributed by atoms with Crippen LogP contribution in [0.5, 0.6) is 0 Å². The van der Waals surface area contributed by atoms with Gasteiger partial charge in [-0.15, -0.1) is 0 Å². The summed E-state index contributed by atoms with van der Waals surface area (Å²) < 4.78 is 28.4. The first kappa shape index (κ1) is 6.89. The molecule has 0 amide bonds. The Morgan fingerprint density at radius 3 is 2.56 bits per heavy atom. The second kappa shape index (κ2) is 2.19. The number of hydrogen-bond acceptors (Lipinski definition) is 2. The molecule has 1 heterocycles. The predicted octanol–water partition coefficient (Wildman–Crippen LogP) is 0.717. The summed E-state index contributed by atoms with van der Waals surface area (Å²) in [7, 11) is 0. The zero-order valence-corrected chi connectivity index (χ0v) is 4.94. The van der Waals surface area contributed by atoms with E-state index >= 15 is 0 Å². The summed E-state index contributed by atoms with van der Waals surface area (Å²) in [5, 5.41) is 0. The molecule has 1 unspecified atom stereocenters. The first-order valence-electron chi connectivity index (χ1n) is 2.87. The van der Waals surface area contributed by atoms with Gasteiger partial charge in [-0.3, -0.25) is 0 Å². The second-order valence-corrected chi connectivity index (χ2v) is 2.24. The number of alkyl halides is 2. The van der Waals surface area contributed by atoms with E-state index in [1.54, 1.807) is 0 Å². The lowest BCUT2D eigenvalue weighted by Crippen LogP contribution is -2.38. The third-order valence-electron chi connectivity index (χ3n) is 1.30. The van der Waals surface area contributed by atoms with Gasteiger partial charge in [0.05, 0.1) is 13.0 Å². The van der Waals surface area contributed by atoms with Crippen LogP contribution in [0, 0.1) is 0 Å². The van der Waals surface area contributed by atoms with Gasteiger partial charge in [0.1, 0.15) is 0 Å². The fraction of sp³-hybridized carbons (Fsp3) is 1.00. The summed E-state index contributed by atoms with van der Waals surface area (Å²) in [5.41, 5.74) is 5.25. The van der Waals surface area contributed by atoms with Crippen LogP contribution in [0.1, 0.15) is 12.8 Å². The zero-order valence-electron chi connectivity index (χ0n) is 4.94. The Bertz CT molecular complexity index is 107. The minimum Gasteiger partial charge on any atom is -0.327 e. The van der Waals surface area contributed by atoms with Crippen molar-refractivity contribution < 1.29 is 13.5 Å². The largest absolute Gasteiger partial charge is 0.357 e. The van der Waals surface area contributed by atoms with Crippen LogP contribution in [-0.2, 0) is 4.74 Å². The second-order valence-electron chi connectivity index (χ2n) is 2.24. The smallest absolute Gasteiger partial charge is 0.327 e. The molecular weight excluding hydrogens is 128 g/mol. The van der Waals surface area contributed by atoms with Gasteiger partial charge in [0, 0.05) is 6.04 Å². The summed E-state index contributed by atoms with van der Waals surface area (Å²) in [5.74, 6) is 0. The van der Waals surface area contributed by atoms with E-state index in [1.165, 1.54) is 0 Å². The van der Waals surface area contributed by atoms with Crippen LogP contribution >= 0.6 is 0 Å². The molecule has 0 bridgehead atoms. The van der Waals surface area contributed by atoms with E-state index in [9.17, 15) is 8.78 Å². The molecule has 1 saturated heterocycles. The van der Waals surface area contributed by atoms with Crippen molar-refractivity contribution in [1.82, 2.24) is 0 Å². The lowest BCUT2D eigenvalue weighted by Gasteiger charge is -2.25. The Morgan fingerprint density at radius 1 is 1.56 bits per heavy atom. The maximum absolute atomic E-state index is 12.2. The molecule has 0 aromatic carbocycles. The topological polar surface area (TPSA) is 35.2 Å². The summed E-state index contributed by atoms with van der Waals surface area (Å²) in [6, 6.07) is -0.395. The van der Waals surface area contributed by atoms with E-state index in [2.05, 4.69) is 4.74 Å². The quantitative estimate of drug-likeness (QED) is 0.533. The monoisotopic (exact) mass is 137 g/mol. The molecule has 0 aromatic rings. The first-order chi connectivity index (χ1) is 4.10. The summed E-state index contributed by atoms with van der Waals surface area (Å²) in [4.78, 5) is 0. The van der Waals surface area contributed by atoms with Crippen LogP contribution in [0.3, 0.4) is 0 Å². The maximum Gasteiger partial charge on any atom is 0.357 e. The number of hydrogen-bond donors (Lipinski definition) is 1. The van der Waals surface area contributed by atoms with Crippen LogP contribution in [0.2, 0.25) is 0 Å². The molecule has 1 aliphatic heterocycles. The first-order valence-corrected chi connectivity index (χ1v) is 2.87. The molecule has 0 aromatic heterocycles. The van der Waals surface area contributed by atoms with Crippen molar-refractivity contribution >= 4 is 0 Å². The third kappa shape index (κ3) is 1.87. The van der Waals surface area contributed by atoms with Gasteiger partial charge in [0.25, 0.3) is 0 Å². The van der Waals surface area contributed by atoms with Gasteiger partial charge in [-0.2, -0.15) is 8.78 Å². The average Bonchev–Trinajstić information content (AvgIpc) is 1.60. The van der Waals surface area contributed by atoms with Crippen molar-refractivity contribution in [2.45, 2.75) is 25.0 Å². The Morgan fingerprint density at radius 2 is 2.22 bits per heavy atom. The van der Waals surface area contributed by atoms with Crippen LogP contribution in [-0.4, -0.2) is 18.8 Å². The third-order valence-corrected chi connectivity index (χ3v) is 1.30. The standard InChI is InChI=1S/C5H9F2NO/c6-5(7)3-4(8)1-2-9-5/h4H,1-3,8H2. The van der Waals surface area contributed by atoms with Gasteiger partial charge in [0.15, 0.2) is 0 Å². The SMILES string of the molecule is NC1CCOC(F)(F)C1.